The van der Waals surface area contributed by atoms with Gasteiger partial charge in [0.25, 0.3) is 0 Å². The van der Waals surface area contributed by atoms with Crippen molar-refractivity contribution >= 4 is 35.4 Å². The van der Waals surface area contributed by atoms with Gasteiger partial charge < -0.3 is 5.73 Å². The van der Waals surface area contributed by atoms with Crippen LogP contribution in [-0.4, -0.2) is 12.2 Å². The van der Waals surface area contributed by atoms with E-state index in [1.807, 2.05) is 6.92 Å². The first-order valence-corrected chi connectivity index (χ1v) is 4.80. The van der Waals surface area contributed by atoms with Crippen molar-refractivity contribution in [3.05, 3.63) is 33.3 Å². The van der Waals surface area contributed by atoms with E-state index in [0.29, 0.717) is 15.6 Å². The minimum Gasteiger partial charge on any atom is -0.350 e. The molecule has 80 valence electrons. The number of benzene rings is 1. The van der Waals surface area contributed by atoms with Gasteiger partial charge >= 0.3 is 6.03 Å². The number of nitrogens with one attached hydrogen (secondary N) is 1. The summed E-state index contributed by atoms with van der Waals surface area (Å²) in [6.45, 7) is 1.83. The number of urea groups is 1. The van der Waals surface area contributed by atoms with Crippen molar-refractivity contribution in [2.45, 2.75) is 6.92 Å². The second kappa shape index (κ2) is 5.00. The van der Waals surface area contributed by atoms with Gasteiger partial charge in [-0.15, -0.1) is 0 Å². The maximum atomic E-state index is 10.3. The third-order valence-corrected chi connectivity index (χ3v) is 2.36. The number of halogens is 2. The molecule has 0 spiro atoms. The fraction of sp³-hybridized carbons (Fsp3) is 0.111. The van der Waals surface area contributed by atoms with Gasteiger partial charge in [0.05, 0.1) is 11.2 Å². The lowest BCUT2D eigenvalue weighted by molar-refractivity contribution is 0.249. The van der Waals surface area contributed by atoms with E-state index in [4.69, 9.17) is 28.9 Å². The van der Waals surface area contributed by atoms with Crippen LogP contribution in [0.4, 0.5) is 4.79 Å². The molecule has 0 aromatic heterocycles. The van der Waals surface area contributed by atoms with Gasteiger partial charge in [-0.2, -0.15) is 5.10 Å². The Balaban J connectivity index is 2.94. The maximum Gasteiger partial charge on any atom is 0.332 e. The number of aryl methyl sites for hydroxylation is 1. The molecular weight excluding hydrogens is 237 g/mol. The topological polar surface area (TPSA) is 67.5 Å². The quantitative estimate of drug-likeness (QED) is 0.610. The number of amides is 2. The van der Waals surface area contributed by atoms with E-state index in [9.17, 15) is 4.79 Å². The number of hydrazone groups is 1. The molecule has 0 atom stereocenters. The molecule has 4 nitrogen and oxygen atoms in total. The summed E-state index contributed by atoms with van der Waals surface area (Å²) in [6, 6.07) is 2.65. The highest BCUT2D eigenvalue weighted by Crippen LogP contribution is 2.23. The van der Waals surface area contributed by atoms with E-state index in [0.717, 1.165) is 5.56 Å². The molecule has 0 bridgehead atoms. The summed E-state index contributed by atoms with van der Waals surface area (Å²) >= 11 is 11.8. The molecule has 0 fully saturated rings. The minimum absolute atomic E-state index is 0.537. The van der Waals surface area contributed by atoms with Crippen molar-refractivity contribution in [2.75, 3.05) is 0 Å². The van der Waals surface area contributed by atoms with Gasteiger partial charge in [0.1, 0.15) is 0 Å². The molecule has 0 saturated heterocycles. The van der Waals surface area contributed by atoms with Crippen molar-refractivity contribution < 1.29 is 4.79 Å². The summed E-state index contributed by atoms with van der Waals surface area (Å²) in [5.74, 6) is 0. The van der Waals surface area contributed by atoms with Crippen LogP contribution in [0.5, 0.6) is 0 Å². The van der Waals surface area contributed by atoms with Crippen molar-refractivity contribution in [3.8, 4) is 0 Å². The normalized spacial score (nSPS) is 10.6. The summed E-state index contributed by atoms with van der Waals surface area (Å²) in [5.41, 5.74) is 8.36. The predicted molar refractivity (Wildman–Crippen MR) is 61.5 cm³/mol. The fourth-order valence-corrected chi connectivity index (χ4v) is 1.45. The Kier molecular flexibility index (Phi) is 3.94. The van der Waals surface area contributed by atoms with E-state index in [2.05, 4.69) is 10.5 Å². The van der Waals surface area contributed by atoms with E-state index in [1.54, 1.807) is 12.1 Å². The van der Waals surface area contributed by atoms with Gasteiger partial charge in [0.15, 0.2) is 0 Å². The molecule has 3 N–H and O–H groups in total. The molecule has 0 heterocycles. The Hall–Kier alpha value is -1.26. The first kappa shape index (κ1) is 11.8. The van der Waals surface area contributed by atoms with Crippen molar-refractivity contribution in [1.29, 1.82) is 0 Å². The second-order valence-corrected chi connectivity index (χ2v) is 3.67. The lowest BCUT2D eigenvalue weighted by Crippen LogP contribution is -2.24. The lowest BCUT2D eigenvalue weighted by atomic mass is 10.1. The summed E-state index contributed by atoms with van der Waals surface area (Å²) in [4.78, 5) is 10.3. The zero-order valence-corrected chi connectivity index (χ0v) is 9.43. The van der Waals surface area contributed by atoms with Crippen molar-refractivity contribution in [1.82, 2.24) is 5.43 Å². The molecule has 0 unspecified atom stereocenters. The van der Waals surface area contributed by atoms with E-state index in [-0.39, 0.29) is 0 Å². The summed E-state index contributed by atoms with van der Waals surface area (Å²) in [7, 11) is 0. The third-order valence-electron chi connectivity index (χ3n) is 1.63. The van der Waals surface area contributed by atoms with Crippen LogP contribution in [0, 0.1) is 6.92 Å². The van der Waals surface area contributed by atoms with Gasteiger partial charge in [-0.25, -0.2) is 10.2 Å². The van der Waals surface area contributed by atoms with Gasteiger partial charge in [0, 0.05) is 10.6 Å². The third kappa shape index (κ3) is 3.42. The maximum absolute atomic E-state index is 10.3. The first-order chi connectivity index (χ1) is 7.00. The number of carbonyl (C=O) groups excluding carboxylic acids is 1. The molecule has 0 aliphatic rings. The Bertz CT molecular complexity index is 418. The number of primary amides is 1. The highest BCUT2D eigenvalue weighted by molar-refractivity contribution is 6.35. The van der Waals surface area contributed by atoms with Crippen molar-refractivity contribution in [2.24, 2.45) is 10.8 Å². The Morgan fingerprint density at radius 1 is 1.53 bits per heavy atom. The largest absolute Gasteiger partial charge is 0.350 e. The van der Waals surface area contributed by atoms with Gasteiger partial charge in [-0.1, -0.05) is 23.2 Å². The molecule has 0 aliphatic heterocycles. The zero-order valence-electron chi connectivity index (χ0n) is 7.92. The zero-order chi connectivity index (χ0) is 11.4. The first-order valence-electron chi connectivity index (χ1n) is 4.05. The Morgan fingerprint density at radius 2 is 2.20 bits per heavy atom. The average Bonchev–Trinajstić information content (AvgIpc) is 2.12. The summed E-state index contributed by atoms with van der Waals surface area (Å²) < 4.78 is 0. The predicted octanol–water partition coefficient (Wildman–Crippen LogP) is 2.30. The van der Waals surface area contributed by atoms with Crippen LogP contribution in [-0.2, 0) is 0 Å². The fourth-order valence-electron chi connectivity index (χ4n) is 1.01. The Morgan fingerprint density at radius 3 is 2.80 bits per heavy atom. The number of nitrogens with two attached hydrogens (primary N) is 1. The Labute approximate surface area is 97.0 Å². The smallest absolute Gasteiger partial charge is 0.332 e. The molecule has 15 heavy (non-hydrogen) atoms. The average molecular weight is 246 g/mol. The van der Waals surface area contributed by atoms with Gasteiger partial charge in [0.2, 0.25) is 0 Å². The van der Waals surface area contributed by atoms with Crippen LogP contribution in [0.3, 0.4) is 0 Å². The SMILES string of the molecule is Cc1cc(Cl)cc(C=NNC(N)=O)c1Cl. The highest BCUT2D eigenvalue weighted by atomic mass is 35.5. The number of carbonyl (C=O) groups is 1. The molecule has 0 saturated carbocycles. The highest BCUT2D eigenvalue weighted by Gasteiger charge is 2.03. The molecule has 6 heteroatoms. The molecule has 0 aliphatic carbocycles. The summed E-state index contributed by atoms with van der Waals surface area (Å²) in [5, 5.41) is 4.68. The van der Waals surface area contributed by atoms with Crippen LogP contribution < -0.4 is 11.2 Å². The standard InChI is InChI=1S/C9H9Cl2N3O/c1-5-2-7(10)3-6(8(5)11)4-13-14-9(12)15/h2-4H,1H3,(H3,12,14,15). The number of rotatable bonds is 2. The van der Waals surface area contributed by atoms with Crippen LogP contribution in [0.15, 0.2) is 17.2 Å². The number of hydrogen-bond donors (Lipinski definition) is 2. The van der Waals surface area contributed by atoms with E-state index < -0.39 is 6.03 Å². The number of hydrogen-bond acceptors (Lipinski definition) is 2. The van der Waals surface area contributed by atoms with Crippen LogP contribution in [0.2, 0.25) is 10.0 Å². The van der Waals surface area contributed by atoms with Gasteiger partial charge in [-0.3, -0.25) is 0 Å². The molecule has 1 aromatic rings. The lowest BCUT2D eigenvalue weighted by Gasteiger charge is -2.02. The van der Waals surface area contributed by atoms with E-state index in [1.165, 1.54) is 6.21 Å². The monoisotopic (exact) mass is 245 g/mol. The van der Waals surface area contributed by atoms with Gasteiger partial charge in [-0.05, 0) is 24.6 Å². The second-order valence-electron chi connectivity index (χ2n) is 2.86. The molecule has 2 amide bonds. The molecular formula is C9H9Cl2N3O. The van der Waals surface area contributed by atoms with Crippen LogP contribution in [0.25, 0.3) is 0 Å². The van der Waals surface area contributed by atoms with Crippen molar-refractivity contribution in [3.63, 3.8) is 0 Å². The summed E-state index contributed by atoms with van der Waals surface area (Å²) in [6.07, 6.45) is 1.38. The number of nitrogens with zero attached hydrogens (tertiary/aromatic N) is 1. The molecule has 1 aromatic carbocycles. The molecule has 1 rings (SSSR count). The van der Waals surface area contributed by atoms with Crippen LogP contribution >= 0.6 is 23.2 Å². The van der Waals surface area contributed by atoms with Crippen LogP contribution in [0.1, 0.15) is 11.1 Å². The van der Waals surface area contributed by atoms with E-state index >= 15 is 0 Å². The molecule has 0 radical (unpaired) electrons. The minimum atomic E-state index is -0.735.